The summed E-state index contributed by atoms with van der Waals surface area (Å²) in [6, 6.07) is 12.0. The minimum absolute atomic E-state index is 0.215. The molecule has 2 aromatic rings. The number of alkyl halides is 3. The molecule has 40 heavy (non-hydrogen) atoms. The van der Waals surface area contributed by atoms with Crippen LogP contribution in [-0.2, 0) is 11.0 Å². The van der Waals surface area contributed by atoms with Crippen LogP contribution in [0.1, 0.15) is 43.6 Å². The summed E-state index contributed by atoms with van der Waals surface area (Å²) in [4.78, 5) is 33.6. The lowest BCUT2D eigenvalue weighted by atomic mass is 9.78. The Labute approximate surface area is 232 Å². The molecule has 0 bridgehead atoms. The Hall–Kier alpha value is -4.40. The molecular weight excluding hydrogens is 517 g/mol. The molecule has 1 saturated heterocycles. The zero-order chi connectivity index (χ0) is 29.4. The van der Waals surface area contributed by atoms with Gasteiger partial charge in [-0.15, -0.1) is 0 Å². The molecule has 0 spiro atoms. The number of nitrogens with zero attached hydrogens (tertiary/aromatic N) is 2. The number of carbonyl (C=O) groups is 2. The zero-order valence-corrected chi connectivity index (χ0v) is 22.9. The second-order valence-corrected chi connectivity index (χ2v) is 9.15. The molecule has 0 aromatic heterocycles. The number of benzene rings is 2. The number of amides is 2. The van der Waals surface area contributed by atoms with Gasteiger partial charge in [-0.1, -0.05) is 54.6 Å². The van der Waals surface area contributed by atoms with Crippen molar-refractivity contribution in [2.24, 2.45) is 16.6 Å². The van der Waals surface area contributed by atoms with Crippen molar-refractivity contribution in [2.45, 2.75) is 39.9 Å². The van der Waals surface area contributed by atoms with Gasteiger partial charge in [0.25, 0.3) is 11.8 Å². The van der Waals surface area contributed by atoms with E-state index >= 15 is 0 Å². The molecule has 210 valence electrons. The van der Waals surface area contributed by atoms with Gasteiger partial charge in [0, 0.05) is 29.3 Å². The number of amidine groups is 1. The van der Waals surface area contributed by atoms with E-state index in [1.54, 1.807) is 38.1 Å². The summed E-state index contributed by atoms with van der Waals surface area (Å²) in [6.07, 6.45) is 4.42. The van der Waals surface area contributed by atoms with Crippen molar-refractivity contribution in [2.75, 3.05) is 6.54 Å². The number of nitrogens with one attached hydrogen (secondary N) is 1. The molecule has 2 atom stereocenters. The number of aliphatic imine (C=N–C) groups is 1. The van der Waals surface area contributed by atoms with Gasteiger partial charge in [-0.25, -0.2) is 4.99 Å². The van der Waals surface area contributed by atoms with E-state index in [4.69, 9.17) is 10.7 Å². The molecule has 6 nitrogen and oxygen atoms in total. The fourth-order valence-electron chi connectivity index (χ4n) is 4.57. The van der Waals surface area contributed by atoms with Crippen LogP contribution in [0.15, 0.2) is 107 Å². The normalized spacial score (nSPS) is 21.0. The number of hydrogen-bond acceptors (Lipinski definition) is 4. The molecule has 2 unspecified atom stereocenters. The fourth-order valence-corrected chi connectivity index (χ4v) is 4.57. The predicted octanol–water partition coefficient (Wildman–Crippen LogP) is 6.32. The maximum atomic E-state index is 14.0. The van der Waals surface area contributed by atoms with E-state index in [0.717, 1.165) is 18.2 Å². The van der Waals surface area contributed by atoms with Crippen molar-refractivity contribution >= 4 is 23.3 Å². The number of likely N-dealkylation sites (tertiary alicyclic amines) is 1. The first-order valence-electron chi connectivity index (χ1n) is 12.9. The third-order valence-electron chi connectivity index (χ3n) is 6.34. The van der Waals surface area contributed by atoms with Crippen molar-refractivity contribution in [3.05, 3.63) is 113 Å². The molecule has 0 radical (unpaired) electrons. The maximum Gasteiger partial charge on any atom is 0.416 e. The van der Waals surface area contributed by atoms with E-state index in [1.807, 2.05) is 50.3 Å². The molecule has 3 rings (SSSR count). The summed E-state index contributed by atoms with van der Waals surface area (Å²) in [6.45, 7) is 7.36. The first-order chi connectivity index (χ1) is 19.0. The van der Waals surface area contributed by atoms with Crippen LogP contribution >= 0.6 is 0 Å². The van der Waals surface area contributed by atoms with Crippen LogP contribution < -0.4 is 11.1 Å². The maximum absolute atomic E-state index is 14.0. The molecular formula is C31H33F3N4O2. The van der Waals surface area contributed by atoms with Gasteiger partial charge in [0.1, 0.15) is 11.9 Å². The monoisotopic (exact) mass is 550 g/mol. The van der Waals surface area contributed by atoms with E-state index in [0.29, 0.717) is 28.4 Å². The highest BCUT2D eigenvalue weighted by atomic mass is 19.4. The van der Waals surface area contributed by atoms with Crippen molar-refractivity contribution in [1.29, 1.82) is 0 Å². The second kappa shape index (κ2) is 13.1. The number of nitrogens with two attached hydrogens (primary N) is 1. The molecule has 3 N–H and O–H groups in total. The van der Waals surface area contributed by atoms with Crippen molar-refractivity contribution in [1.82, 2.24) is 10.2 Å². The van der Waals surface area contributed by atoms with Gasteiger partial charge in [0.15, 0.2) is 0 Å². The molecule has 9 heteroatoms. The highest BCUT2D eigenvalue weighted by Crippen LogP contribution is 2.36. The largest absolute Gasteiger partial charge is 0.416 e. The van der Waals surface area contributed by atoms with Crippen LogP contribution in [0.5, 0.6) is 0 Å². The van der Waals surface area contributed by atoms with Gasteiger partial charge in [-0.05, 0) is 63.6 Å². The predicted molar refractivity (Wildman–Crippen MR) is 152 cm³/mol. The molecule has 2 aromatic carbocycles. The SMILES string of the molecule is C\C=C/C=C(\C=C/C)C1/C(=C(\C)N)C(=Nc2ccccc2)N(CC)C(=O)C1NC(=O)c1cccc(C(F)(F)F)c1. The van der Waals surface area contributed by atoms with Crippen molar-refractivity contribution in [3.63, 3.8) is 0 Å². The van der Waals surface area contributed by atoms with E-state index in [-0.39, 0.29) is 12.1 Å². The minimum Gasteiger partial charge on any atom is -0.402 e. The standard InChI is InChI=1S/C31H33F3N4O2/c1-5-8-14-21(13-6-2)26-25(20(4)35)28(36-24-17-10-9-11-18-24)38(7-3)30(40)27(26)37-29(39)22-15-12-16-23(19-22)31(32,33)34/h5-6,8-19,26-27H,7,35H2,1-4H3,(H,37,39)/b8-5-,13-6-,21-14+,25-20-,36-28?. The van der Waals surface area contributed by atoms with E-state index in [9.17, 15) is 22.8 Å². The van der Waals surface area contributed by atoms with E-state index < -0.39 is 35.5 Å². The Kier molecular flexibility index (Phi) is 9.87. The van der Waals surface area contributed by atoms with Gasteiger partial charge in [-0.3, -0.25) is 14.5 Å². The third kappa shape index (κ3) is 6.77. The van der Waals surface area contributed by atoms with Crippen LogP contribution in [0, 0.1) is 5.92 Å². The van der Waals surface area contributed by atoms with Crippen LogP contribution in [-0.4, -0.2) is 35.1 Å². The van der Waals surface area contributed by atoms with Crippen LogP contribution in [0.2, 0.25) is 0 Å². The number of piperidine rings is 1. The summed E-state index contributed by atoms with van der Waals surface area (Å²) in [5, 5.41) is 2.72. The first-order valence-corrected chi connectivity index (χ1v) is 12.9. The summed E-state index contributed by atoms with van der Waals surface area (Å²) in [5.74, 6) is -1.69. The second-order valence-electron chi connectivity index (χ2n) is 9.15. The average Bonchev–Trinajstić information content (AvgIpc) is 2.92. The zero-order valence-electron chi connectivity index (χ0n) is 22.9. The summed E-state index contributed by atoms with van der Waals surface area (Å²) < 4.78 is 40.0. The molecule has 1 fully saturated rings. The number of likely N-dealkylation sites (N-methyl/N-ethyl adjacent to an activating group) is 1. The van der Waals surface area contributed by atoms with Gasteiger partial charge < -0.3 is 11.1 Å². The number of para-hydroxylation sites is 1. The van der Waals surface area contributed by atoms with Gasteiger partial charge in [0.05, 0.1) is 11.3 Å². The fraction of sp³-hybridized carbons (Fsp3) is 0.258. The number of carbonyl (C=O) groups excluding carboxylic acids is 2. The molecule has 2 amide bonds. The smallest absolute Gasteiger partial charge is 0.402 e. The molecule has 1 aliphatic rings. The number of halogens is 3. The number of rotatable bonds is 7. The lowest BCUT2D eigenvalue weighted by Crippen LogP contribution is -2.60. The topological polar surface area (TPSA) is 87.8 Å². The van der Waals surface area contributed by atoms with Crippen LogP contribution in [0.3, 0.4) is 0 Å². The highest BCUT2D eigenvalue weighted by molar-refractivity contribution is 6.15. The number of hydrogen-bond donors (Lipinski definition) is 2. The number of allylic oxidation sites excluding steroid dienone is 6. The van der Waals surface area contributed by atoms with Crippen LogP contribution in [0.4, 0.5) is 18.9 Å². The Balaban J connectivity index is 2.23. The van der Waals surface area contributed by atoms with Crippen molar-refractivity contribution in [3.8, 4) is 0 Å². The molecule has 1 heterocycles. The quantitative estimate of drug-likeness (QED) is 0.395. The third-order valence-corrected chi connectivity index (χ3v) is 6.34. The van der Waals surface area contributed by atoms with Gasteiger partial charge >= 0.3 is 6.18 Å². The lowest BCUT2D eigenvalue weighted by Gasteiger charge is -2.41. The molecule has 0 saturated carbocycles. The Morgan fingerprint density at radius 1 is 1.10 bits per heavy atom. The molecule has 0 aliphatic carbocycles. The summed E-state index contributed by atoms with van der Waals surface area (Å²) in [5.41, 5.74) is 7.48. The van der Waals surface area contributed by atoms with Gasteiger partial charge in [-0.2, -0.15) is 13.2 Å². The summed E-state index contributed by atoms with van der Waals surface area (Å²) in [7, 11) is 0. The highest BCUT2D eigenvalue weighted by Gasteiger charge is 2.46. The van der Waals surface area contributed by atoms with Crippen LogP contribution in [0.25, 0.3) is 0 Å². The Morgan fingerprint density at radius 2 is 1.80 bits per heavy atom. The first kappa shape index (κ1) is 30.1. The minimum atomic E-state index is -4.62. The summed E-state index contributed by atoms with van der Waals surface area (Å²) >= 11 is 0. The molecule has 1 aliphatic heterocycles. The van der Waals surface area contributed by atoms with Crippen molar-refractivity contribution < 1.29 is 22.8 Å². The Bertz CT molecular complexity index is 1380. The van der Waals surface area contributed by atoms with Gasteiger partial charge in [0.2, 0.25) is 0 Å². The van der Waals surface area contributed by atoms with E-state index in [1.165, 1.54) is 11.0 Å². The average molecular weight is 551 g/mol. The lowest BCUT2D eigenvalue weighted by molar-refractivity contribution is -0.137. The Morgan fingerprint density at radius 3 is 2.38 bits per heavy atom. The van der Waals surface area contributed by atoms with E-state index in [2.05, 4.69) is 5.32 Å².